The lowest BCUT2D eigenvalue weighted by molar-refractivity contribution is -0.136. The molecule has 6 heteroatoms. The lowest BCUT2D eigenvalue weighted by atomic mass is 10.0. The number of ether oxygens (including phenoxy) is 1. The van der Waals surface area contributed by atoms with Crippen LogP contribution in [0.1, 0.15) is 30.1 Å². The summed E-state index contributed by atoms with van der Waals surface area (Å²) < 4.78 is 6.09. The average Bonchev–Trinajstić information content (AvgIpc) is 2.99. The first-order valence-corrected chi connectivity index (χ1v) is 8.29. The Kier molecular flexibility index (Phi) is 4.38. The molecule has 0 bridgehead atoms. The van der Waals surface area contributed by atoms with Crippen molar-refractivity contribution in [3.8, 4) is 0 Å². The third-order valence-corrected chi connectivity index (χ3v) is 4.70. The van der Waals surface area contributed by atoms with Crippen molar-refractivity contribution in [1.29, 1.82) is 0 Å². The van der Waals surface area contributed by atoms with E-state index < -0.39 is 5.97 Å². The van der Waals surface area contributed by atoms with Crippen LogP contribution >= 0.6 is 11.3 Å². The van der Waals surface area contributed by atoms with Crippen molar-refractivity contribution in [3.63, 3.8) is 0 Å². The quantitative estimate of drug-likeness (QED) is 0.817. The van der Waals surface area contributed by atoms with Gasteiger partial charge in [0.2, 0.25) is 0 Å². The van der Waals surface area contributed by atoms with Crippen molar-refractivity contribution in [2.75, 3.05) is 19.7 Å². The Hall–Kier alpha value is -1.95. The second-order valence-corrected chi connectivity index (χ2v) is 6.58. The molecule has 116 valence electrons. The van der Waals surface area contributed by atoms with Crippen LogP contribution in [0.5, 0.6) is 0 Å². The van der Waals surface area contributed by atoms with Gasteiger partial charge in [-0.15, -0.1) is 11.3 Å². The molecule has 1 aliphatic rings. The molecule has 22 heavy (non-hydrogen) atoms. The van der Waals surface area contributed by atoms with E-state index in [4.69, 9.17) is 4.74 Å². The van der Waals surface area contributed by atoms with Crippen LogP contribution < -0.4 is 0 Å². The molecule has 1 fully saturated rings. The number of rotatable bonds is 3. The van der Waals surface area contributed by atoms with Crippen molar-refractivity contribution in [3.05, 3.63) is 29.3 Å². The molecule has 0 saturated carbocycles. The van der Waals surface area contributed by atoms with Gasteiger partial charge in [0.15, 0.2) is 6.61 Å². The molecule has 3 rings (SSSR count). The number of likely N-dealkylation sites (tertiary alicyclic amines) is 1. The summed E-state index contributed by atoms with van der Waals surface area (Å²) in [7, 11) is 0. The molecular weight excluding hydrogens is 300 g/mol. The van der Waals surface area contributed by atoms with E-state index in [0.717, 1.165) is 36.1 Å². The van der Waals surface area contributed by atoms with Crippen molar-refractivity contribution in [2.45, 2.75) is 19.8 Å². The summed E-state index contributed by atoms with van der Waals surface area (Å²) >= 11 is 1.47. The molecule has 0 aliphatic carbocycles. The van der Waals surface area contributed by atoms with Gasteiger partial charge in [0, 0.05) is 13.1 Å². The van der Waals surface area contributed by atoms with E-state index in [0.29, 0.717) is 11.5 Å². The number of thiazole rings is 1. The van der Waals surface area contributed by atoms with E-state index in [-0.39, 0.29) is 12.5 Å². The highest BCUT2D eigenvalue weighted by atomic mass is 32.1. The van der Waals surface area contributed by atoms with Gasteiger partial charge in [-0.05, 0) is 37.0 Å². The van der Waals surface area contributed by atoms with Crippen LogP contribution in [0.2, 0.25) is 0 Å². The lowest BCUT2D eigenvalue weighted by Gasteiger charge is -2.30. The van der Waals surface area contributed by atoms with Gasteiger partial charge >= 0.3 is 5.97 Å². The first-order valence-electron chi connectivity index (χ1n) is 7.41. The molecule has 1 saturated heterocycles. The summed E-state index contributed by atoms with van der Waals surface area (Å²) in [4.78, 5) is 30.1. The number of amides is 1. The standard InChI is InChI=1S/C16H18N2O3S/c1-11-3-2-6-18(8-11)15(19)9-21-16(20)12-4-5-13-14(7-12)22-10-17-13/h4-5,7,10-11H,2-3,6,8-9H2,1H3/t11-/m0/s1. The Morgan fingerprint density at radius 1 is 1.45 bits per heavy atom. The van der Waals surface area contributed by atoms with Gasteiger partial charge in [-0.3, -0.25) is 4.79 Å². The Morgan fingerprint density at radius 2 is 2.32 bits per heavy atom. The number of fused-ring (bicyclic) bond motifs is 1. The molecule has 1 aromatic carbocycles. The Morgan fingerprint density at radius 3 is 3.14 bits per heavy atom. The zero-order valence-corrected chi connectivity index (χ0v) is 13.3. The average molecular weight is 318 g/mol. The van der Waals surface area contributed by atoms with Gasteiger partial charge < -0.3 is 9.64 Å². The van der Waals surface area contributed by atoms with Crippen LogP contribution in [0, 0.1) is 5.92 Å². The smallest absolute Gasteiger partial charge is 0.338 e. The second kappa shape index (κ2) is 6.44. The molecule has 2 heterocycles. The number of hydrogen-bond acceptors (Lipinski definition) is 5. The van der Waals surface area contributed by atoms with Crippen molar-refractivity contribution >= 4 is 33.4 Å². The van der Waals surface area contributed by atoms with E-state index in [1.165, 1.54) is 11.3 Å². The summed E-state index contributed by atoms with van der Waals surface area (Å²) in [5.41, 5.74) is 3.05. The zero-order chi connectivity index (χ0) is 15.5. The zero-order valence-electron chi connectivity index (χ0n) is 12.4. The summed E-state index contributed by atoms with van der Waals surface area (Å²) in [6, 6.07) is 5.22. The van der Waals surface area contributed by atoms with Gasteiger partial charge in [-0.2, -0.15) is 0 Å². The largest absolute Gasteiger partial charge is 0.452 e. The highest BCUT2D eigenvalue weighted by Gasteiger charge is 2.22. The van der Waals surface area contributed by atoms with Crippen molar-refractivity contribution in [1.82, 2.24) is 9.88 Å². The van der Waals surface area contributed by atoms with Crippen LogP contribution in [0.4, 0.5) is 0 Å². The van der Waals surface area contributed by atoms with Crippen LogP contribution in [0.25, 0.3) is 10.2 Å². The molecule has 0 spiro atoms. The molecule has 0 unspecified atom stereocenters. The highest BCUT2D eigenvalue weighted by molar-refractivity contribution is 7.16. The third kappa shape index (κ3) is 3.27. The van der Waals surface area contributed by atoms with E-state index in [2.05, 4.69) is 11.9 Å². The predicted octanol–water partition coefficient (Wildman–Crippen LogP) is 2.71. The monoisotopic (exact) mass is 318 g/mol. The van der Waals surface area contributed by atoms with Crippen LogP contribution in [0.15, 0.2) is 23.7 Å². The second-order valence-electron chi connectivity index (χ2n) is 5.70. The summed E-state index contributed by atoms with van der Waals surface area (Å²) in [5.74, 6) is -0.0605. The van der Waals surface area contributed by atoms with E-state index in [1.54, 1.807) is 28.6 Å². The Labute approximate surface area is 132 Å². The fourth-order valence-electron chi connectivity index (χ4n) is 2.70. The molecule has 2 aromatic rings. The number of aromatic nitrogens is 1. The van der Waals surface area contributed by atoms with Gasteiger partial charge in [0.25, 0.3) is 5.91 Å². The molecular formula is C16H18N2O3S. The summed E-state index contributed by atoms with van der Waals surface area (Å²) in [5, 5.41) is 0. The van der Waals surface area contributed by atoms with E-state index in [1.807, 2.05) is 0 Å². The summed E-state index contributed by atoms with van der Waals surface area (Å²) in [6.45, 7) is 3.46. The first kappa shape index (κ1) is 15.0. The van der Waals surface area contributed by atoms with Gasteiger partial charge in [0.1, 0.15) is 0 Å². The fourth-order valence-corrected chi connectivity index (χ4v) is 3.42. The molecule has 1 atom stereocenters. The maximum atomic E-state index is 12.1. The number of hydrogen-bond donors (Lipinski definition) is 0. The minimum Gasteiger partial charge on any atom is -0.452 e. The van der Waals surface area contributed by atoms with Gasteiger partial charge in [-0.1, -0.05) is 6.92 Å². The topological polar surface area (TPSA) is 59.5 Å². The molecule has 5 nitrogen and oxygen atoms in total. The van der Waals surface area contributed by atoms with Gasteiger partial charge in [0.05, 0.1) is 21.3 Å². The predicted molar refractivity (Wildman–Crippen MR) is 84.9 cm³/mol. The number of benzene rings is 1. The van der Waals surface area contributed by atoms with E-state index in [9.17, 15) is 9.59 Å². The SMILES string of the molecule is C[C@H]1CCCN(C(=O)COC(=O)c2ccc3ncsc3c2)C1. The summed E-state index contributed by atoms with van der Waals surface area (Å²) in [6.07, 6.45) is 2.17. The highest BCUT2D eigenvalue weighted by Crippen LogP contribution is 2.20. The molecule has 1 aromatic heterocycles. The number of carbonyl (C=O) groups is 2. The maximum Gasteiger partial charge on any atom is 0.338 e. The van der Waals surface area contributed by atoms with E-state index >= 15 is 0 Å². The maximum absolute atomic E-state index is 12.1. The number of carbonyl (C=O) groups excluding carboxylic acids is 2. The van der Waals surface area contributed by atoms with Crippen LogP contribution in [-0.4, -0.2) is 41.5 Å². The number of piperidine rings is 1. The number of nitrogens with zero attached hydrogens (tertiary/aromatic N) is 2. The molecule has 0 N–H and O–H groups in total. The molecule has 1 amide bonds. The fraction of sp³-hybridized carbons (Fsp3) is 0.438. The van der Waals surface area contributed by atoms with Crippen molar-refractivity contribution < 1.29 is 14.3 Å². The third-order valence-electron chi connectivity index (χ3n) is 3.90. The first-order chi connectivity index (χ1) is 10.6. The van der Waals surface area contributed by atoms with Crippen LogP contribution in [-0.2, 0) is 9.53 Å². The Balaban J connectivity index is 1.58. The van der Waals surface area contributed by atoms with Crippen LogP contribution in [0.3, 0.4) is 0 Å². The lowest BCUT2D eigenvalue weighted by Crippen LogP contribution is -2.41. The van der Waals surface area contributed by atoms with Gasteiger partial charge in [-0.25, -0.2) is 9.78 Å². The molecule has 0 radical (unpaired) electrons. The minimum absolute atomic E-state index is 0.112. The minimum atomic E-state index is -0.464. The number of esters is 1. The normalized spacial score (nSPS) is 18.4. The Bertz CT molecular complexity index is 698. The molecule has 1 aliphatic heterocycles. The van der Waals surface area contributed by atoms with Crippen molar-refractivity contribution in [2.24, 2.45) is 5.92 Å².